The molecule has 5 heteroatoms. The molecule has 0 spiro atoms. The van der Waals surface area contributed by atoms with Gasteiger partial charge in [-0.2, -0.15) is 0 Å². The number of hydrogen-bond acceptors (Lipinski definition) is 4. The Morgan fingerprint density at radius 2 is 1.96 bits per heavy atom. The molecule has 1 heterocycles. The van der Waals surface area contributed by atoms with Crippen molar-refractivity contribution < 1.29 is 14.3 Å². The molecule has 1 amide bonds. The van der Waals surface area contributed by atoms with Gasteiger partial charge in [-0.3, -0.25) is 9.69 Å². The van der Waals surface area contributed by atoms with Gasteiger partial charge in [-0.25, -0.2) is 0 Å². The zero-order valence-electron chi connectivity index (χ0n) is 14.8. The molecule has 0 unspecified atom stereocenters. The predicted octanol–water partition coefficient (Wildman–Crippen LogP) is 2.59. The lowest BCUT2D eigenvalue weighted by atomic mass is 10.2. The lowest BCUT2D eigenvalue weighted by Gasteiger charge is -2.26. The molecule has 1 aliphatic heterocycles. The minimum absolute atomic E-state index is 0.134. The fraction of sp³-hybridized carbons (Fsp3) is 0.632. The van der Waals surface area contributed by atoms with Gasteiger partial charge >= 0.3 is 0 Å². The van der Waals surface area contributed by atoms with Crippen molar-refractivity contribution in [3.8, 4) is 5.75 Å². The first-order chi connectivity index (χ1) is 11.8. The Kier molecular flexibility index (Phi) is 8.63. The minimum Gasteiger partial charge on any atom is -0.492 e. The molecule has 24 heavy (non-hydrogen) atoms. The number of rotatable bonds is 10. The van der Waals surface area contributed by atoms with Crippen LogP contribution in [0.3, 0.4) is 0 Å². The van der Waals surface area contributed by atoms with Crippen LogP contribution in [0.25, 0.3) is 0 Å². The maximum absolute atomic E-state index is 11.7. The molecule has 5 nitrogen and oxygen atoms in total. The van der Waals surface area contributed by atoms with E-state index in [0.717, 1.165) is 63.4 Å². The number of carbonyl (C=O) groups is 1. The molecule has 0 bridgehead atoms. The lowest BCUT2D eigenvalue weighted by Crippen LogP contribution is -2.38. The van der Waals surface area contributed by atoms with E-state index in [1.54, 1.807) is 0 Å². The topological polar surface area (TPSA) is 50.8 Å². The first kappa shape index (κ1) is 18.7. The highest BCUT2D eigenvalue weighted by Crippen LogP contribution is 2.12. The molecular formula is C19H30N2O3. The summed E-state index contributed by atoms with van der Waals surface area (Å²) in [6.45, 7) is 7.95. The number of morpholine rings is 1. The van der Waals surface area contributed by atoms with E-state index in [2.05, 4.69) is 17.1 Å². The van der Waals surface area contributed by atoms with E-state index in [1.807, 2.05) is 24.3 Å². The van der Waals surface area contributed by atoms with Crippen LogP contribution in [0.1, 0.15) is 38.2 Å². The minimum atomic E-state index is 0.134. The van der Waals surface area contributed by atoms with Crippen molar-refractivity contribution in [3.63, 3.8) is 0 Å². The molecule has 0 aliphatic carbocycles. The van der Waals surface area contributed by atoms with Crippen molar-refractivity contribution in [1.29, 1.82) is 0 Å². The number of nitrogens with zero attached hydrogens (tertiary/aromatic N) is 1. The summed E-state index contributed by atoms with van der Waals surface area (Å²) >= 11 is 0. The molecule has 1 fully saturated rings. The van der Waals surface area contributed by atoms with Gasteiger partial charge in [-0.15, -0.1) is 0 Å². The number of nitrogens with one attached hydrogen (secondary N) is 1. The summed E-state index contributed by atoms with van der Waals surface area (Å²) in [6, 6.07) is 7.96. The van der Waals surface area contributed by atoms with Gasteiger partial charge in [0.2, 0.25) is 5.91 Å². The summed E-state index contributed by atoms with van der Waals surface area (Å²) in [5.74, 6) is 1.01. The molecule has 0 atom stereocenters. The SMILES string of the molecule is CCCCCC(=O)NCc1ccc(OCCN2CCOCC2)cc1. The Balaban J connectivity index is 1.62. The highest BCUT2D eigenvalue weighted by Gasteiger charge is 2.09. The maximum Gasteiger partial charge on any atom is 0.220 e. The number of hydrogen-bond donors (Lipinski definition) is 1. The number of benzene rings is 1. The van der Waals surface area contributed by atoms with Gasteiger partial charge in [0.25, 0.3) is 0 Å². The maximum atomic E-state index is 11.7. The first-order valence-corrected chi connectivity index (χ1v) is 9.06. The molecule has 2 rings (SSSR count). The Bertz CT molecular complexity index is 470. The van der Waals surface area contributed by atoms with Crippen LogP contribution in [-0.4, -0.2) is 50.3 Å². The molecule has 0 aromatic heterocycles. The summed E-state index contributed by atoms with van der Waals surface area (Å²) in [7, 11) is 0. The summed E-state index contributed by atoms with van der Waals surface area (Å²) in [4.78, 5) is 14.1. The fourth-order valence-corrected chi connectivity index (χ4v) is 2.65. The van der Waals surface area contributed by atoms with Crippen LogP contribution >= 0.6 is 0 Å². The summed E-state index contributed by atoms with van der Waals surface area (Å²) in [5.41, 5.74) is 1.10. The third kappa shape index (κ3) is 7.32. The second kappa shape index (κ2) is 11.0. The van der Waals surface area contributed by atoms with Crippen LogP contribution in [0.15, 0.2) is 24.3 Å². The van der Waals surface area contributed by atoms with Gasteiger partial charge < -0.3 is 14.8 Å². The largest absolute Gasteiger partial charge is 0.492 e. The van der Waals surface area contributed by atoms with E-state index >= 15 is 0 Å². The number of ether oxygens (including phenoxy) is 2. The standard InChI is InChI=1S/C19H30N2O3/c1-2-3-4-5-19(22)20-16-17-6-8-18(9-7-17)24-15-12-21-10-13-23-14-11-21/h6-9H,2-5,10-16H2,1H3,(H,20,22). The second-order valence-electron chi connectivity index (χ2n) is 6.18. The number of carbonyl (C=O) groups excluding carboxylic acids is 1. The molecule has 1 aromatic rings. The average molecular weight is 334 g/mol. The monoisotopic (exact) mass is 334 g/mol. The van der Waals surface area contributed by atoms with Crippen molar-refractivity contribution >= 4 is 5.91 Å². The Morgan fingerprint density at radius 1 is 1.21 bits per heavy atom. The van der Waals surface area contributed by atoms with Gasteiger partial charge in [0.05, 0.1) is 13.2 Å². The highest BCUT2D eigenvalue weighted by atomic mass is 16.5. The van der Waals surface area contributed by atoms with Crippen LogP contribution in [0.4, 0.5) is 0 Å². The van der Waals surface area contributed by atoms with Gasteiger partial charge in [-0.1, -0.05) is 31.9 Å². The smallest absolute Gasteiger partial charge is 0.220 e. The zero-order valence-corrected chi connectivity index (χ0v) is 14.8. The quantitative estimate of drug-likeness (QED) is 0.668. The number of amides is 1. The molecule has 0 saturated carbocycles. The van der Waals surface area contributed by atoms with Crippen molar-refractivity contribution in [2.24, 2.45) is 0 Å². The molecular weight excluding hydrogens is 304 g/mol. The average Bonchev–Trinajstić information content (AvgIpc) is 2.62. The Morgan fingerprint density at radius 3 is 2.67 bits per heavy atom. The van der Waals surface area contributed by atoms with Crippen molar-refractivity contribution in [1.82, 2.24) is 10.2 Å². The molecule has 1 saturated heterocycles. The van der Waals surface area contributed by atoms with E-state index in [4.69, 9.17) is 9.47 Å². The lowest BCUT2D eigenvalue weighted by molar-refractivity contribution is -0.121. The summed E-state index contributed by atoms with van der Waals surface area (Å²) < 4.78 is 11.1. The molecule has 134 valence electrons. The molecule has 0 radical (unpaired) electrons. The summed E-state index contributed by atoms with van der Waals surface area (Å²) in [6.07, 6.45) is 3.85. The summed E-state index contributed by atoms with van der Waals surface area (Å²) in [5, 5.41) is 2.97. The van der Waals surface area contributed by atoms with E-state index in [-0.39, 0.29) is 5.91 Å². The van der Waals surface area contributed by atoms with Crippen LogP contribution in [0, 0.1) is 0 Å². The van der Waals surface area contributed by atoms with Crippen LogP contribution in [-0.2, 0) is 16.1 Å². The third-order valence-corrected chi connectivity index (χ3v) is 4.20. The van der Waals surface area contributed by atoms with Crippen LogP contribution in [0.2, 0.25) is 0 Å². The molecule has 1 N–H and O–H groups in total. The molecule has 1 aromatic carbocycles. The first-order valence-electron chi connectivity index (χ1n) is 9.06. The van der Waals surface area contributed by atoms with Crippen LogP contribution in [0.5, 0.6) is 5.75 Å². The Hall–Kier alpha value is -1.59. The van der Waals surface area contributed by atoms with E-state index < -0.39 is 0 Å². The van der Waals surface area contributed by atoms with Crippen molar-refractivity contribution in [3.05, 3.63) is 29.8 Å². The zero-order chi connectivity index (χ0) is 17.0. The van der Waals surface area contributed by atoms with Crippen LogP contribution < -0.4 is 10.1 Å². The van der Waals surface area contributed by atoms with E-state index in [9.17, 15) is 4.79 Å². The highest BCUT2D eigenvalue weighted by molar-refractivity contribution is 5.75. The van der Waals surface area contributed by atoms with E-state index in [1.165, 1.54) is 0 Å². The van der Waals surface area contributed by atoms with Gasteiger partial charge in [0.15, 0.2) is 0 Å². The van der Waals surface area contributed by atoms with E-state index in [0.29, 0.717) is 19.6 Å². The van der Waals surface area contributed by atoms with Gasteiger partial charge in [0.1, 0.15) is 12.4 Å². The number of unbranched alkanes of at least 4 members (excludes halogenated alkanes) is 2. The predicted molar refractivity (Wildman–Crippen MR) is 95.2 cm³/mol. The normalized spacial score (nSPS) is 15.2. The second-order valence-corrected chi connectivity index (χ2v) is 6.18. The van der Waals surface area contributed by atoms with Gasteiger partial charge in [-0.05, 0) is 24.1 Å². The van der Waals surface area contributed by atoms with Gasteiger partial charge in [0, 0.05) is 32.6 Å². The fourth-order valence-electron chi connectivity index (χ4n) is 2.65. The third-order valence-electron chi connectivity index (χ3n) is 4.20. The Labute approximate surface area is 145 Å². The van der Waals surface area contributed by atoms with Crippen molar-refractivity contribution in [2.45, 2.75) is 39.2 Å². The van der Waals surface area contributed by atoms with Crippen molar-refractivity contribution in [2.75, 3.05) is 39.5 Å². The molecule has 1 aliphatic rings.